The number of aryl methyl sites for hydroxylation is 1. The zero-order valence-corrected chi connectivity index (χ0v) is 16.8. The Hall–Kier alpha value is -2.95. The van der Waals surface area contributed by atoms with Crippen molar-refractivity contribution in [3.05, 3.63) is 42.2 Å². The molecule has 10 nitrogen and oxygen atoms in total. The van der Waals surface area contributed by atoms with Gasteiger partial charge in [0.25, 0.3) is 0 Å². The highest BCUT2D eigenvalue weighted by Crippen LogP contribution is 2.23. The van der Waals surface area contributed by atoms with Crippen molar-refractivity contribution in [2.75, 3.05) is 19.6 Å². The Labute approximate surface area is 168 Å². The van der Waals surface area contributed by atoms with E-state index in [0.717, 1.165) is 5.56 Å². The van der Waals surface area contributed by atoms with Crippen LogP contribution in [-0.2, 0) is 33.0 Å². The van der Waals surface area contributed by atoms with Gasteiger partial charge >= 0.3 is 6.09 Å². The quantitative estimate of drug-likeness (QED) is 0.720. The molecule has 2 amide bonds. The maximum atomic E-state index is 12.6. The minimum atomic E-state index is -3.60. The number of carbonyl (C=O) groups excluding carboxylic acids is 2. The Morgan fingerprint density at radius 3 is 2.52 bits per heavy atom. The van der Waals surface area contributed by atoms with Gasteiger partial charge in [-0.15, -0.1) is 10.2 Å². The first-order chi connectivity index (χ1) is 13.9. The van der Waals surface area contributed by atoms with Crippen molar-refractivity contribution in [1.29, 1.82) is 0 Å². The second-order valence-corrected chi connectivity index (χ2v) is 8.89. The van der Waals surface area contributed by atoms with Crippen molar-refractivity contribution in [3.63, 3.8) is 0 Å². The molecule has 2 heterocycles. The lowest BCUT2D eigenvalue weighted by Crippen LogP contribution is -2.46. The molecule has 3 rings (SSSR count). The highest BCUT2D eigenvalue weighted by Gasteiger charge is 2.35. The number of sulfone groups is 1. The number of rotatable bonds is 6. The van der Waals surface area contributed by atoms with Crippen molar-refractivity contribution in [1.82, 2.24) is 25.0 Å². The number of piperidine rings is 1. The molecule has 1 saturated heterocycles. The lowest BCUT2D eigenvalue weighted by atomic mass is 10.1. The summed E-state index contributed by atoms with van der Waals surface area (Å²) in [4.78, 5) is 25.6. The van der Waals surface area contributed by atoms with Crippen LogP contribution in [0.3, 0.4) is 0 Å². The van der Waals surface area contributed by atoms with Gasteiger partial charge in [-0.3, -0.25) is 4.79 Å². The van der Waals surface area contributed by atoms with Crippen LogP contribution < -0.4 is 5.32 Å². The van der Waals surface area contributed by atoms with Crippen LogP contribution in [0.4, 0.5) is 4.79 Å². The molecule has 0 aliphatic carbocycles. The molecule has 1 aliphatic rings. The molecule has 0 atom stereocenters. The normalized spacial score (nSPS) is 15.1. The van der Waals surface area contributed by atoms with Crippen molar-refractivity contribution in [2.24, 2.45) is 7.05 Å². The van der Waals surface area contributed by atoms with Gasteiger partial charge in [-0.1, -0.05) is 30.3 Å². The molecule has 0 unspecified atom stereocenters. The van der Waals surface area contributed by atoms with E-state index < -0.39 is 21.2 Å². The summed E-state index contributed by atoms with van der Waals surface area (Å²) in [5, 5.41) is 9.06. The number of amides is 2. The summed E-state index contributed by atoms with van der Waals surface area (Å²) < 4.78 is 31.7. The number of hydrogen-bond donors (Lipinski definition) is 1. The average Bonchev–Trinajstić information content (AvgIpc) is 3.18. The zero-order chi connectivity index (χ0) is 20.9. The highest BCUT2D eigenvalue weighted by molar-refractivity contribution is 7.91. The number of likely N-dealkylation sites (tertiary alicyclic amines) is 1. The number of aromatic nitrogens is 3. The fourth-order valence-electron chi connectivity index (χ4n) is 3.13. The Morgan fingerprint density at radius 1 is 1.21 bits per heavy atom. The minimum absolute atomic E-state index is 0.0647. The molecule has 0 bridgehead atoms. The van der Waals surface area contributed by atoms with Gasteiger partial charge in [0.1, 0.15) is 19.5 Å². The van der Waals surface area contributed by atoms with Gasteiger partial charge in [-0.25, -0.2) is 13.2 Å². The largest absolute Gasteiger partial charge is 0.445 e. The van der Waals surface area contributed by atoms with E-state index in [2.05, 4.69) is 15.5 Å². The Morgan fingerprint density at radius 2 is 1.90 bits per heavy atom. The van der Waals surface area contributed by atoms with E-state index in [1.54, 1.807) is 11.9 Å². The van der Waals surface area contributed by atoms with Crippen LogP contribution in [0.2, 0.25) is 0 Å². The first kappa shape index (κ1) is 20.8. The number of ether oxygens (including phenoxy) is 1. The third-order valence-electron chi connectivity index (χ3n) is 4.75. The number of alkyl carbamates (subject to hydrolysis) is 1. The van der Waals surface area contributed by atoms with Crippen molar-refractivity contribution in [2.45, 2.75) is 29.9 Å². The lowest BCUT2D eigenvalue weighted by Gasteiger charge is -2.31. The first-order valence-corrected chi connectivity index (χ1v) is 10.7. The van der Waals surface area contributed by atoms with Gasteiger partial charge in [-0.2, -0.15) is 0 Å². The van der Waals surface area contributed by atoms with Gasteiger partial charge in [0, 0.05) is 20.1 Å². The predicted octanol–water partition coefficient (Wildman–Crippen LogP) is 0.506. The molecule has 1 aliphatic heterocycles. The topological polar surface area (TPSA) is 123 Å². The van der Waals surface area contributed by atoms with Gasteiger partial charge in [-0.05, 0) is 18.4 Å². The molecule has 1 fully saturated rings. The van der Waals surface area contributed by atoms with Crippen LogP contribution in [0.1, 0.15) is 18.4 Å². The lowest BCUT2D eigenvalue weighted by molar-refractivity contribution is -0.131. The monoisotopic (exact) mass is 421 g/mol. The molecule has 1 N–H and O–H groups in total. The minimum Gasteiger partial charge on any atom is -0.445 e. The molecular weight excluding hydrogens is 398 g/mol. The Kier molecular flexibility index (Phi) is 6.47. The van der Waals surface area contributed by atoms with E-state index in [4.69, 9.17) is 4.74 Å². The zero-order valence-electron chi connectivity index (χ0n) is 16.0. The van der Waals surface area contributed by atoms with E-state index >= 15 is 0 Å². The number of nitrogens with zero attached hydrogens (tertiary/aromatic N) is 4. The summed E-state index contributed by atoms with van der Waals surface area (Å²) in [5.41, 5.74) is 0.847. The van der Waals surface area contributed by atoms with E-state index in [-0.39, 0.29) is 24.2 Å². The van der Waals surface area contributed by atoms with Crippen molar-refractivity contribution in [3.8, 4) is 0 Å². The predicted molar refractivity (Wildman–Crippen MR) is 102 cm³/mol. The SMILES string of the molecule is Cn1cnnc1S(=O)(=O)C1CCN(C(=O)CNC(=O)OCc2ccccc2)CC1. The standard InChI is InChI=1S/C18H23N5O5S/c1-22-13-20-21-17(22)29(26,27)15-7-9-23(10-8-15)16(24)11-19-18(25)28-12-14-5-3-2-4-6-14/h2-6,13,15H,7-12H2,1H3,(H,19,25). The summed E-state index contributed by atoms with van der Waals surface area (Å²) in [6.07, 6.45) is 1.27. The highest BCUT2D eigenvalue weighted by atomic mass is 32.2. The van der Waals surface area contributed by atoms with Crippen LogP contribution in [0.15, 0.2) is 41.8 Å². The van der Waals surface area contributed by atoms with E-state index in [9.17, 15) is 18.0 Å². The first-order valence-electron chi connectivity index (χ1n) is 9.18. The molecule has 11 heteroatoms. The van der Waals surface area contributed by atoms with Crippen LogP contribution in [0.5, 0.6) is 0 Å². The van der Waals surface area contributed by atoms with E-state index in [1.807, 2.05) is 30.3 Å². The maximum Gasteiger partial charge on any atom is 0.407 e. The van der Waals surface area contributed by atoms with Crippen LogP contribution in [-0.4, -0.2) is 65.0 Å². The van der Waals surface area contributed by atoms with E-state index in [0.29, 0.717) is 25.9 Å². The van der Waals surface area contributed by atoms with Gasteiger partial charge in [0.05, 0.1) is 5.25 Å². The molecule has 0 radical (unpaired) electrons. The van der Waals surface area contributed by atoms with Gasteiger partial charge in [0.2, 0.25) is 20.9 Å². The molecular formula is C18H23N5O5S. The molecule has 1 aromatic heterocycles. The number of benzene rings is 1. The maximum absolute atomic E-state index is 12.6. The molecule has 0 spiro atoms. The third kappa shape index (κ3) is 5.11. The molecule has 1 aromatic carbocycles. The van der Waals surface area contributed by atoms with Crippen molar-refractivity contribution >= 4 is 21.8 Å². The van der Waals surface area contributed by atoms with Crippen molar-refractivity contribution < 1.29 is 22.7 Å². The summed E-state index contributed by atoms with van der Waals surface area (Å²) in [6, 6.07) is 9.21. The molecule has 29 heavy (non-hydrogen) atoms. The Balaban J connectivity index is 1.43. The van der Waals surface area contributed by atoms with Crippen LogP contribution in [0, 0.1) is 0 Å². The smallest absolute Gasteiger partial charge is 0.407 e. The Bertz CT molecular complexity index is 952. The van der Waals surface area contributed by atoms with Gasteiger partial charge < -0.3 is 19.5 Å². The molecule has 0 saturated carbocycles. The second kappa shape index (κ2) is 9.03. The van der Waals surface area contributed by atoms with Crippen LogP contribution >= 0.6 is 0 Å². The average molecular weight is 421 g/mol. The molecule has 2 aromatic rings. The van der Waals surface area contributed by atoms with E-state index in [1.165, 1.54) is 10.9 Å². The number of nitrogens with one attached hydrogen (secondary N) is 1. The second-order valence-electron chi connectivity index (χ2n) is 6.76. The van der Waals surface area contributed by atoms with Crippen LogP contribution in [0.25, 0.3) is 0 Å². The number of carbonyl (C=O) groups is 2. The fraction of sp³-hybridized carbons (Fsp3) is 0.444. The summed E-state index contributed by atoms with van der Waals surface area (Å²) >= 11 is 0. The molecule has 156 valence electrons. The van der Waals surface area contributed by atoms with Gasteiger partial charge in [0.15, 0.2) is 0 Å². The number of hydrogen-bond acceptors (Lipinski definition) is 7. The third-order valence-corrected chi connectivity index (χ3v) is 6.98. The summed E-state index contributed by atoms with van der Waals surface area (Å²) in [5.74, 6) is -0.281. The fourth-order valence-corrected chi connectivity index (χ4v) is 4.87. The summed E-state index contributed by atoms with van der Waals surface area (Å²) in [7, 11) is -2.02. The summed E-state index contributed by atoms with van der Waals surface area (Å²) in [6.45, 7) is 0.503.